The zero-order chi connectivity index (χ0) is 65.0. The second-order valence-corrected chi connectivity index (χ2v) is 23.7. The monoisotopic (exact) mass is 1240 g/mol. The van der Waals surface area contributed by atoms with Crippen LogP contribution in [-0.4, -0.2) is 165 Å². The molecule has 30 N–H and O–H groups in total. The number of rotatable bonds is 41. The number of unbranched alkanes of at least 4 members (excludes halogenated alkanes) is 3. The zero-order valence-electron chi connectivity index (χ0n) is 51.6. The highest BCUT2D eigenvalue weighted by Gasteiger charge is 2.35. The van der Waals surface area contributed by atoms with E-state index in [0.717, 1.165) is 38.5 Å². The molecule has 0 aromatic carbocycles. The molecule has 0 aromatic rings. The second kappa shape index (κ2) is 41.9. The Kier molecular flexibility index (Phi) is 35.8. The van der Waals surface area contributed by atoms with E-state index in [1.807, 2.05) is 0 Å². The van der Waals surface area contributed by atoms with E-state index in [2.05, 4.69) is 57.5 Å². The van der Waals surface area contributed by atoms with Crippen molar-refractivity contribution in [3.63, 3.8) is 0 Å². The summed E-state index contributed by atoms with van der Waals surface area (Å²) in [6.45, 7) is 1.27. The van der Waals surface area contributed by atoms with Gasteiger partial charge in [0.15, 0.2) is 17.9 Å². The Hall–Kier alpha value is -7.12. The molecule has 9 amide bonds. The first-order valence-corrected chi connectivity index (χ1v) is 31.8. The van der Waals surface area contributed by atoms with Crippen LogP contribution in [0.4, 0.5) is 0 Å². The molecule has 0 aliphatic heterocycles. The van der Waals surface area contributed by atoms with Gasteiger partial charge in [0.25, 0.3) is 0 Å². The van der Waals surface area contributed by atoms with Crippen LogP contribution in [0.15, 0.2) is 15.0 Å². The van der Waals surface area contributed by atoms with E-state index in [4.69, 9.17) is 63.1 Å². The summed E-state index contributed by atoms with van der Waals surface area (Å²) >= 11 is 0. The molecular weight excluding hydrogens is 1140 g/mol. The number of amides is 9. The third kappa shape index (κ3) is 30.2. The predicted octanol–water partition coefficient (Wildman–Crippen LogP) is -4.20. The number of nitrogens with zero attached hydrogens (tertiary/aromatic N) is 3. The molecule has 31 nitrogen and oxygen atoms in total. The quantitative estimate of drug-likeness (QED) is 0.0157. The Morgan fingerprint density at radius 3 is 1.07 bits per heavy atom. The van der Waals surface area contributed by atoms with Crippen LogP contribution < -0.4 is 106 Å². The molecule has 3 rings (SSSR count). The van der Waals surface area contributed by atoms with Crippen LogP contribution in [0, 0.1) is 17.8 Å². The van der Waals surface area contributed by atoms with Gasteiger partial charge in [-0.25, -0.2) is 0 Å². The lowest BCUT2D eigenvalue weighted by Gasteiger charge is -2.33. The maximum atomic E-state index is 14.6. The van der Waals surface area contributed by atoms with E-state index in [1.165, 1.54) is 0 Å². The molecule has 0 unspecified atom stereocenters. The largest absolute Gasteiger partial charge is 0.370 e. The van der Waals surface area contributed by atoms with Gasteiger partial charge in [-0.2, -0.15) is 0 Å². The SMILES string of the molecule is NCCCC[C@H](NC(=O)[C@H](CCCN=C(N)N)NC(=O)[C@H](CCCN=C(N)N)NC(=O)[C@H](CCCCNC(=O)C1CCC(NC(=O)C2CCC(NC(=O)C3CCC(N)CC3)CC2)CC1)NC(=O)[C@H](CCCCN)NC(=O)[C@@H](N)CCCN=C(N)N)C(N)=O. The number of primary amides is 1. The smallest absolute Gasteiger partial charge is 0.243 e. The van der Waals surface area contributed by atoms with Crippen LogP contribution in [0.1, 0.15) is 173 Å². The van der Waals surface area contributed by atoms with Crippen molar-refractivity contribution in [3.8, 4) is 0 Å². The molecule has 0 heterocycles. The molecule has 3 aliphatic carbocycles. The molecule has 3 saturated carbocycles. The van der Waals surface area contributed by atoms with Crippen molar-refractivity contribution in [2.45, 2.75) is 228 Å². The number of nitrogens with two attached hydrogens (primary N) is 11. The topological polar surface area (TPSA) is 573 Å². The molecule has 0 bridgehead atoms. The average Bonchev–Trinajstić information content (AvgIpc) is 3.23. The summed E-state index contributed by atoms with van der Waals surface area (Å²) in [5, 5.41) is 23.0. The molecule has 0 saturated heterocycles. The van der Waals surface area contributed by atoms with Gasteiger partial charge in [0, 0.05) is 62.1 Å². The van der Waals surface area contributed by atoms with Gasteiger partial charge >= 0.3 is 0 Å². The third-order valence-electron chi connectivity index (χ3n) is 16.5. The highest BCUT2D eigenvalue weighted by atomic mass is 16.2. The number of hydrogen-bond acceptors (Lipinski definition) is 16. The van der Waals surface area contributed by atoms with Gasteiger partial charge in [-0.1, -0.05) is 0 Å². The molecule has 0 radical (unpaired) electrons. The van der Waals surface area contributed by atoms with Crippen molar-refractivity contribution in [1.29, 1.82) is 0 Å². The highest BCUT2D eigenvalue weighted by molar-refractivity contribution is 5.96. The van der Waals surface area contributed by atoms with Crippen LogP contribution in [0.25, 0.3) is 0 Å². The van der Waals surface area contributed by atoms with Crippen molar-refractivity contribution >= 4 is 71.0 Å². The molecule has 3 fully saturated rings. The first-order valence-electron chi connectivity index (χ1n) is 31.8. The summed E-state index contributed by atoms with van der Waals surface area (Å²) in [6, 6.07) is -7.04. The second-order valence-electron chi connectivity index (χ2n) is 23.7. The normalized spacial score (nSPS) is 21.1. The summed E-state index contributed by atoms with van der Waals surface area (Å²) < 4.78 is 0. The average molecular weight is 1250 g/mol. The minimum absolute atomic E-state index is 0.00559. The highest BCUT2D eigenvalue weighted by Crippen LogP contribution is 2.29. The Morgan fingerprint density at radius 2 is 0.693 bits per heavy atom. The molecule has 0 aromatic heterocycles. The number of carbonyl (C=O) groups is 9. The van der Waals surface area contributed by atoms with Crippen LogP contribution in [0.5, 0.6) is 0 Å². The molecule has 3 aliphatic rings. The predicted molar refractivity (Wildman–Crippen MR) is 337 cm³/mol. The van der Waals surface area contributed by atoms with Gasteiger partial charge in [-0.05, 0) is 186 Å². The number of nitrogens with one attached hydrogen (secondary N) is 8. The van der Waals surface area contributed by atoms with Gasteiger partial charge in [0.1, 0.15) is 30.2 Å². The van der Waals surface area contributed by atoms with E-state index < -0.39 is 71.7 Å². The fourth-order valence-electron chi connectivity index (χ4n) is 11.2. The van der Waals surface area contributed by atoms with Gasteiger partial charge < -0.3 is 106 Å². The van der Waals surface area contributed by atoms with Crippen LogP contribution in [0.2, 0.25) is 0 Å². The summed E-state index contributed by atoms with van der Waals surface area (Å²) in [7, 11) is 0. The Morgan fingerprint density at radius 1 is 0.375 bits per heavy atom. The van der Waals surface area contributed by atoms with Gasteiger partial charge in [-0.3, -0.25) is 58.1 Å². The van der Waals surface area contributed by atoms with E-state index in [9.17, 15) is 43.2 Å². The fraction of sp³-hybridized carbons (Fsp3) is 0.789. The summed E-state index contributed by atoms with van der Waals surface area (Å²) in [4.78, 5) is 135. The molecule has 31 heteroatoms. The Balaban J connectivity index is 1.75. The molecule has 0 spiro atoms. The van der Waals surface area contributed by atoms with E-state index >= 15 is 0 Å². The zero-order valence-corrected chi connectivity index (χ0v) is 51.6. The number of carbonyl (C=O) groups excluding carboxylic acids is 9. The Labute approximate surface area is 517 Å². The molecule has 500 valence electrons. The lowest BCUT2D eigenvalue weighted by atomic mass is 9.82. The number of aliphatic imine (C=N–C) groups is 3. The maximum absolute atomic E-state index is 14.6. The summed E-state index contributed by atoms with van der Waals surface area (Å²) in [5.74, 6) is -5.39. The van der Waals surface area contributed by atoms with E-state index in [-0.39, 0.29) is 155 Å². The van der Waals surface area contributed by atoms with Crippen molar-refractivity contribution in [2.75, 3.05) is 39.3 Å². The maximum Gasteiger partial charge on any atom is 0.243 e. The third-order valence-corrected chi connectivity index (χ3v) is 16.5. The first-order chi connectivity index (χ1) is 42.0. The van der Waals surface area contributed by atoms with Gasteiger partial charge in [0.2, 0.25) is 53.2 Å². The van der Waals surface area contributed by atoms with Crippen molar-refractivity contribution in [3.05, 3.63) is 0 Å². The summed E-state index contributed by atoms with van der Waals surface area (Å²) in [5.41, 5.74) is 62.4. The summed E-state index contributed by atoms with van der Waals surface area (Å²) in [6.07, 6.45) is 12.5. The van der Waals surface area contributed by atoms with E-state index in [0.29, 0.717) is 90.1 Å². The van der Waals surface area contributed by atoms with E-state index in [1.54, 1.807) is 0 Å². The van der Waals surface area contributed by atoms with Crippen LogP contribution in [0.3, 0.4) is 0 Å². The van der Waals surface area contributed by atoms with Crippen LogP contribution in [-0.2, 0) is 43.2 Å². The lowest BCUT2D eigenvalue weighted by Crippen LogP contribution is -2.59. The minimum atomic E-state index is -1.35. The van der Waals surface area contributed by atoms with Crippen molar-refractivity contribution < 1.29 is 43.2 Å². The van der Waals surface area contributed by atoms with Gasteiger partial charge in [0.05, 0.1) is 6.04 Å². The van der Waals surface area contributed by atoms with Crippen LogP contribution >= 0.6 is 0 Å². The fourth-order valence-corrected chi connectivity index (χ4v) is 11.2. The molecule has 88 heavy (non-hydrogen) atoms. The standard InChI is InChI=1S/C57H108N22O9/c58-28-4-1-11-41(46(62)80)75-51(85)44(14-8-32-71-56(65)66)78-54(88)45(15-9-33-72-57(67)68)79-53(87)43(77-52(86)42(12-2-5-29-59)76-50(84)40(61)10-7-31-70-55(63)64)13-3-6-30-69-47(81)34-18-24-38(25-19-34)74-49(83)36-20-26-39(27-21-36)73-48(82)35-16-22-37(60)23-17-35/h34-45H,1-33,58-61H2,(H2,62,80)(H,69,81)(H,73,82)(H,74,83)(H,75,85)(H,76,84)(H,77,86)(H,78,88)(H,79,87)(H4,63,64,70)(H4,65,66,71)(H4,67,68,72)/t34?,35?,36?,37?,38?,39?,40-,41-,42-,43-,44-,45-/m0/s1. The lowest BCUT2D eigenvalue weighted by molar-refractivity contribution is -0.135. The first kappa shape index (κ1) is 75.1. The van der Waals surface area contributed by atoms with Crippen molar-refractivity contribution in [1.82, 2.24) is 42.5 Å². The molecular formula is C57H108N22O9. The van der Waals surface area contributed by atoms with Crippen molar-refractivity contribution in [2.24, 2.45) is 95.8 Å². The minimum Gasteiger partial charge on any atom is -0.370 e. The molecule has 6 atom stereocenters. The Bertz CT molecular complexity index is 2270. The van der Waals surface area contributed by atoms with Gasteiger partial charge in [-0.15, -0.1) is 0 Å². The number of guanidine groups is 3. The number of hydrogen-bond donors (Lipinski definition) is 19.